The van der Waals surface area contributed by atoms with Gasteiger partial charge in [-0.2, -0.15) is 0 Å². The molecule has 7 nitrogen and oxygen atoms in total. The summed E-state index contributed by atoms with van der Waals surface area (Å²) in [6, 6.07) is 9.58. The van der Waals surface area contributed by atoms with Crippen LogP contribution >= 0.6 is 0 Å². The van der Waals surface area contributed by atoms with Crippen molar-refractivity contribution in [2.24, 2.45) is 11.8 Å². The van der Waals surface area contributed by atoms with Crippen LogP contribution in [0.4, 0.5) is 0 Å². The predicted octanol–water partition coefficient (Wildman–Crippen LogP) is 2.15. The van der Waals surface area contributed by atoms with Gasteiger partial charge in [0.15, 0.2) is 23.0 Å². The lowest BCUT2D eigenvalue weighted by Crippen LogP contribution is -2.26. The van der Waals surface area contributed by atoms with Gasteiger partial charge in [-0.15, -0.1) is 0 Å². The Morgan fingerprint density at radius 3 is 2.21 bits per heavy atom. The number of aliphatic hydroxyl groups excluding tert-OH is 2. The second-order valence-corrected chi connectivity index (χ2v) is 7.01. The van der Waals surface area contributed by atoms with Gasteiger partial charge >= 0.3 is 0 Å². The van der Waals surface area contributed by atoms with Crippen LogP contribution < -0.4 is 23.7 Å². The van der Waals surface area contributed by atoms with Gasteiger partial charge in [0.2, 0.25) is 19.3 Å². The van der Waals surface area contributed by atoms with Crippen molar-refractivity contribution >= 4 is 0 Å². The number of hydrogen-bond acceptors (Lipinski definition) is 7. The van der Waals surface area contributed by atoms with E-state index in [1.54, 1.807) is 7.11 Å². The van der Waals surface area contributed by atoms with Gasteiger partial charge in [0, 0.05) is 13.2 Å². The van der Waals surface area contributed by atoms with E-state index in [1.807, 2.05) is 30.3 Å². The van der Waals surface area contributed by atoms with Crippen LogP contribution in [0.2, 0.25) is 0 Å². The van der Waals surface area contributed by atoms with E-state index < -0.39 is 0 Å². The summed E-state index contributed by atoms with van der Waals surface area (Å²) in [5, 5.41) is 20.0. The standard InChI is InChI=1S/C21H24O7/c1-24-19-7-14(8-20-21(19)28-12-27-20)5-16(10-23)15(9-22)4-13-2-3-17-18(6-13)26-11-25-17/h2-3,6-8,15-16,22-23H,4-5,9-12H2,1H3/t15-,16-/m1/s1. The number of hydrogen-bond donors (Lipinski definition) is 2. The SMILES string of the molecule is COc1cc(C[C@H](CO)[C@@H](CO)Cc2ccc3c(c2)OCO3)cc2c1OCO2. The molecule has 0 fully saturated rings. The maximum atomic E-state index is 10.00. The summed E-state index contributed by atoms with van der Waals surface area (Å²) >= 11 is 0. The number of rotatable bonds is 8. The molecule has 2 aliphatic rings. The van der Waals surface area contributed by atoms with Crippen LogP contribution in [0.3, 0.4) is 0 Å². The van der Waals surface area contributed by atoms with Crippen LogP contribution in [-0.4, -0.2) is 44.1 Å². The summed E-state index contributed by atoms with van der Waals surface area (Å²) < 4.78 is 27.1. The number of aliphatic hydroxyl groups is 2. The highest BCUT2D eigenvalue weighted by atomic mass is 16.7. The van der Waals surface area contributed by atoms with Crippen molar-refractivity contribution in [2.75, 3.05) is 33.9 Å². The first kappa shape index (κ1) is 18.7. The highest BCUT2D eigenvalue weighted by molar-refractivity contribution is 5.55. The molecule has 0 radical (unpaired) electrons. The van der Waals surface area contributed by atoms with Crippen LogP contribution in [0.25, 0.3) is 0 Å². The number of benzene rings is 2. The second kappa shape index (κ2) is 8.16. The Hall–Kier alpha value is -2.64. The average molecular weight is 388 g/mol. The molecule has 2 atom stereocenters. The van der Waals surface area contributed by atoms with Crippen LogP contribution in [-0.2, 0) is 12.8 Å². The van der Waals surface area contributed by atoms with E-state index in [-0.39, 0.29) is 38.6 Å². The zero-order chi connectivity index (χ0) is 19.5. The number of ether oxygens (including phenoxy) is 5. The molecular formula is C21H24O7. The van der Waals surface area contributed by atoms with Crippen molar-refractivity contribution in [3.05, 3.63) is 41.5 Å². The molecule has 0 unspecified atom stereocenters. The second-order valence-electron chi connectivity index (χ2n) is 7.01. The van der Waals surface area contributed by atoms with Crippen LogP contribution in [0.1, 0.15) is 11.1 Å². The summed E-state index contributed by atoms with van der Waals surface area (Å²) in [5.41, 5.74) is 1.99. The zero-order valence-corrected chi connectivity index (χ0v) is 15.7. The highest BCUT2D eigenvalue weighted by Crippen LogP contribution is 2.42. The molecule has 0 aliphatic carbocycles. The maximum absolute atomic E-state index is 10.00. The van der Waals surface area contributed by atoms with Gasteiger partial charge in [0.1, 0.15) is 0 Å². The topological polar surface area (TPSA) is 86.6 Å². The summed E-state index contributed by atoms with van der Waals surface area (Å²) in [7, 11) is 1.58. The minimum atomic E-state index is -0.125. The van der Waals surface area contributed by atoms with Gasteiger partial charge in [0.25, 0.3) is 0 Å². The monoisotopic (exact) mass is 388 g/mol. The third kappa shape index (κ3) is 3.68. The van der Waals surface area contributed by atoms with E-state index in [0.29, 0.717) is 30.1 Å². The molecule has 2 aromatic carbocycles. The van der Waals surface area contributed by atoms with E-state index in [9.17, 15) is 10.2 Å². The quantitative estimate of drug-likeness (QED) is 0.717. The van der Waals surface area contributed by atoms with E-state index in [2.05, 4.69) is 0 Å². The minimum Gasteiger partial charge on any atom is -0.493 e. The average Bonchev–Trinajstić information content (AvgIpc) is 3.38. The Bertz CT molecular complexity index is 836. The first-order chi connectivity index (χ1) is 13.7. The number of fused-ring (bicyclic) bond motifs is 2. The lowest BCUT2D eigenvalue weighted by molar-refractivity contribution is 0.119. The fraction of sp³-hybridized carbons (Fsp3) is 0.429. The normalized spacial score (nSPS) is 16.1. The van der Waals surface area contributed by atoms with Crippen LogP contribution in [0.15, 0.2) is 30.3 Å². The largest absolute Gasteiger partial charge is 0.493 e. The van der Waals surface area contributed by atoms with Crippen molar-refractivity contribution in [1.82, 2.24) is 0 Å². The Kier molecular flexibility index (Phi) is 5.45. The molecule has 2 aliphatic heterocycles. The van der Waals surface area contributed by atoms with Gasteiger partial charge in [-0.3, -0.25) is 0 Å². The van der Waals surface area contributed by atoms with Crippen molar-refractivity contribution < 1.29 is 33.9 Å². The first-order valence-electron chi connectivity index (χ1n) is 9.28. The molecule has 0 amide bonds. The van der Waals surface area contributed by atoms with Crippen molar-refractivity contribution in [1.29, 1.82) is 0 Å². The minimum absolute atomic E-state index is 0.0264. The summed E-state index contributed by atoms with van der Waals surface area (Å²) in [5.74, 6) is 3.07. The molecule has 0 saturated carbocycles. The smallest absolute Gasteiger partial charge is 0.231 e. The molecule has 0 aromatic heterocycles. The molecule has 0 spiro atoms. The van der Waals surface area contributed by atoms with Gasteiger partial charge in [-0.05, 0) is 60.1 Å². The molecule has 4 rings (SSSR count). The van der Waals surface area contributed by atoms with Gasteiger partial charge < -0.3 is 33.9 Å². The van der Waals surface area contributed by atoms with Gasteiger partial charge in [-0.25, -0.2) is 0 Å². The number of methoxy groups -OCH3 is 1. The fourth-order valence-corrected chi connectivity index (χ4v) is 3.74. The lowest BCUT2D eigenvalue weighted by atomic mass is 9.83. The Morgan fingerprint density at radius 1 is 0.821 bits per heavy atom. The zero-order valence-electron chi connectivity index (χ0n) is 15.7. The maximum Gasteiger partial charge on any atom is 0.231 e. The third-order valence-corrected chi connectivity index (χ3v) is 5.29. The Balaban J connectivity index is 1.50. The first-order valence-corrected chi connectivity index (χ1v) is 9.28. The van der Waals surface area contributed by atoms with Crippen molar-refractivity contribution in [2.45, 2.75) is 12.8 Å². The van der Waals surface area contributed by atoms with Crippen LogP contribution in [0.5, 0.6) is 28.7 Å². The van der Waals surface area contributed by atoms with E-state index >= 15 is 0 Å². The fourth-order valence-electron chi connectivity index (χ4n) is 3.74. The van der Waals surface area contributed by atoms with Crippen LogP contribution in [0, 0.1) is 11.8 Å². The summed E-state index contributed by atoms with van der Waals surface area (Å²) in [6.45, 7) is 0.337. The Labute approximate surface area is 163 Å². The Morgan fingerprint density at radius 2 is 1.46 bits per heavy atom. The molecular weight excluding hydrogens is 364 g/mol. The highest BCUT2D eigenvalue weighted by Gasteiger charge is 2.25. The molecule has 0 bridgehead atoms. The summed E-state index contributed by atoms with van der Waals surface area (Å²) in [6.07, 6.45) is 1.21. The molecule has 2 N–H and O–H groups in total. The van der Waals surface area contributed by atoms with Crippen molar-refractivity contribution in [3.63, 3.8) is 0 Å². The lowest BCUT2D eigenvalue weighted by Gasteiger charge is -2.24. The molecule has 150 valence electrons. The predicted molar refractivity (Wildman–Crippen MR) is 100 cm³/mol. The van der Waals surface area contributed by atoms with Gasteiger partial charge in [0.05, 0.1) is 7.11 Å². The summed E-state index contributed by atoms with van der Waals surface area (Å²) in [4.78, 5) is 0. The molecule has 7 heteroatoms. The molecule has 28 heavy (non-hydrogen) atoms. The molecule has 2 aromatic rings. The van der Waals surface area contributed by atoms with E-state index in [4.69, 9.17) is 23.7 Å². The molecule has 2 heterocycles. The molecule has 0 saturated heterocycles. The van der Waals surface area contributed by atoms with E-state index in [0.717, 1.165) is 22.6 Å². The van der Waals surface area contributed by atoms with Crippen molar-refractivity contribution in [3.8, 4) is 28.7 Å². The van der Waals surface area contributed by atoms with Gasteiger partial charge in [-0.1, -0.05) is 6.07 Å². The van der Waals surface area contributed by atoms with E-state index in [1.165, 1.54) is 0 Å². The third-order valence-electron chi connectivity index (χ3n) is 5.29.